The molecule has 0 unspecified atom stereocenters. The van der Waals surface area contributed by atoms with Gasteiger partial charge in [0.05, 0.1) is 0 Å². The van der Waals surface area contributed by atoms with E-state index in [-0.39, 0.29) is 17.9 Å². The smallest absolute Gasteiger partial charge is 0.0407 e. The van der Waals surface area contributed by atoms with Gasteiger partial charge in [0.2, 0.25) is 0 Å². The fourth-order valence-electron chi connectivity index (χ4n) is 0.463. The molecule has 0 radical (unpaired) electrons. The van der Waals surface area contributed by atoms with Crippen LogP contribution in [-0.2, 0) is 0 Å². The van der Waals surface area contributed by atoms with Crippen molar-refractivity contribution in [2.45, 2.75) is 0 Å². The fourth-order valence-corrected chi connectivity index (χ4v) is 0.589. The number of rotatable bonds is 0. The molecule has 0 atom stereocenters. The van der Waals surface area contributed by atoms with Gasteiger partial charge in [0.25, 0.3) is 0 Å². The number of benzene rings is 1. The summed E-state index contributed by atoms with van der Waals surface area (Å²) in [6.07, 6.45) is 0. The van der Waals surface area contributed by atoms with E-state index in [1.807, 2.05) is 0 Å². The number of anilines is 1. The minimum Gasteiger partial charge on any atom is -0.412 e. The van der Waals surface area contributed by atoms with Crippen molar-refractivity contribution < 1.29 is 5.48 Å². The highest BCUT2D eigenvalue weighted by atomic mass is 35.5. The standard InChI is InChI=1S/C6H6ClN.ClH.H2O/c7-5-1-3-6(8)4-2-5;;/h1-4H,8H2;1H;1H2. The summed E-state index contributed by atoms with van der Waals surface area (Å²) in [6, 6.07) is 7.05. The van der Waals surface area contributed by atoms with E-state index in [0.29, 0.717) is 0 Å². The summed E-state index contributed by atoms with van der Waals surface area (Å²) in [6.45, 7) is 0. The molecule has 4 heteroatoms. The lowest BCUT2D eigenvalue weighted by Crippen LogP contribution is -1.80. The van der Waals surface area contributed by atoms with Crippen molar-refractivity contribution >= 4 is 29.7 Å². The first-order chi connectivity index (χ1) is 3.79. The molecule has 2 nitrogen and oxygen atoms in total. The van der Waals surface area contributed by atoms with Crippen LogP contribution in [0.5, 0.6) is 0 Å². The van der Waals surface area contributed by atoms with Crippen LogP contribution in [0.1, 0.15) is 0 Å². The van der Waals surface area contributed by atoms with Gasteiger partial charge < -0.3 is 11.2 Å². The lowest BCUT2D eigenvalue weighted by molar-refractivity contribution is 0.824. The molecule has 0 saturated carbocycles. The molecule has 1 aromatic rings. The Morgan fingerprint density at radius 2 is 1.50 bits per heavy atom. The Balaban J connectivity index is 0. The van der Waals surface area contributed by atoms with E-state index in [2.05, 4.69) is 0 Å². The number of halogens is 2. The molecule has 0 aliphatic rings. The third kappa shape index (κ3) is 3.56. The normalized spacial score (nSPS) is 7.30. The molecule has 0 aliphatic carbocycles. The highest BCUT2D eigenvalue weighted by Crippen LogP contribution is 2.09. The molecule has 0 aliphatic heterocycles. The van der Waals surface area contributed by atoms with E-state index < -0.39 is 0 Å². The van der Waals surface area contributed by atoms with Crippen molar-refractivity contribution in [3.63, 3.8) is 0 Å². The van der Waals surface area contributed by atoms with E-state index in [1.54, 1.807) is 24.3 Å². The number of hydrogen-bond acceptors (Lipinski definition) is 1. The van der Waals surface area contributed by atoms with Gasteiger partial charge in [-0.1, -0.05) is 11.6 Å². The van der Waals surface area contributed by atoms with E-state index in [9.17, 15) is 0 Å². The minimum atomic E-state index is 0. The largest absolute Gasteiger partial charge is 0.412 e. The van der Waals surface area contributed by atoms with Crippen LogP contribution < -0.4 is 5.73 Å². The molecule has 0 amide bonds. The predicted octanol–water partition coefficient (Wildman–Crippen LogP) is 1.52. The Hall–Kier alpha value is -0.440. The lowest BCUT2D eigenvalue weighted by Gasteiger charge is -1.88. The van der Waals surface area contributed by atoms with Crippen molar-refractivity contribution in [2.75, 3.05) is 5.73 Å². The predicted molar refractivity (Wildman–Crippen MR) is 46.7 cm³/mol. The van der Waals surface area contributed by atoms with Crippen LogP contribution in [0.25, 0.3) is 0 Å². The average molecular weight is 182 g/mol. The maximum absolute atomic E-state index is 5.56. The molecular formula is C6H9Cl2NO. The third-order valence-corrected chi connectivity index (χ3v) is 1.12. The molecular weight excluding hydrogens is 173 g/mol. The van der Waals surface area contributed by atoms with Gasteiger partial charge >= 0.3 is 0 Å². The first-order valence-corrected chi connectivity index (χ1v) is 2.68. The highest BCUT2D eigenvalue weighted by molar-refractivity contribution is 6.30. The number of nitrogen functional groups attached to an aromatic ring is 1. The Kier molecular flexibility index (Phi) is 6.56. The van der Waals surface area contributed by atoms with Gasteiger partial charge in [0, 0.05) is 10.7 Å². The van der Waals surface area contributed by atoms with Crippen molar-refractivity contribution in [3.8, 4) is 0 Å². The summed E-state index contributed by atoms with van der Waals surface area (Å²) in [5.41, 5.74) is 6.11. The van der Waals surface area contributed by atoms with Gasteiger partial charge in [-0.25, -0.2) is 0 Å². The maximum atomic E-state index is 5.56. The van der Waals surface area contributed by atoms with E-state index in [0.717, 1.165) is 10.7 Å². The molecule has 58 valence electrons. The summed E-state index contributed by atoms with van der Waals surface area (Å²) >= 11 is 5.56. The van der Waals surface area contributed by atoms with Crippen LogP contribution in [0.2, 0.25) is 5.02 Å². The summed E-state index contributed by atoms with van der Waals surface area (Å²) in [7, 11) is 0. The number of hydrogen-bond donors (Lipinski definition) is 1. The van der Waals surface area contributed by atoms with Gasteiger partial charge in [0.1, 0.15) is 0 Å². The molecule has 0 aromatic heterocycles. The highest BCUT2D eigenvalue weighted by Gasteiger charge is 1.82. The summed E-state index contributed by atoms with van der Waals surface area (Å²) < 4.78 is 0. The fraction of sp³-hybridized carbons (Fsp3) is 0. The summed E-state index contributed by atoms with van der Waals surface area (Å²) in [5, 5.41) is 0.721. The average Bonchev–Trinajstić information content (AvgIpc) is 1.77. The molecule has 4 N–H and O–H groups in total. The van der Waals surface area contributed by atoms with Gasteiger partial charge in [-0.05, 0) is 24.3 Å². The number of nitrogens with two attached hydrogens (primary N) is 1. The zero-order chi connectivity index (χ0) is 5.98. The molecule has 0 saturated heterocycles. The maximum Gasteiger partial charge on any atom is 0.0407 e. The lowest BCUT2D eigenvalue weighted by atomic mass is 10.3. The van der Waals surface area contributed by atoms with Crippen LogP contribution >= 0.6 is 24.0 Å². The summed E-state index contributed by atoms with van der Waals surface area (Å²) in [5.74, 6) is 0. The van der Waals surface area contributed by atoms with Crippen molar-refractivity contribution in [1.82, 2.24) is 0 Å². The third-order valence-electron chi connectivity index (χ3n) is 0.870. The Bertz CT molecular complexity index is 155. The van der Waals surface area contributed by atoms with Crippen molar-refractivity contribution in [3.05, 3.63) is 29.3 Å². The Morgan fingerprint density at radius 3 is 1.80 bits per heavy atom. The molecule has 1 rings (SSSR count). The van der Waals surface area contributed by atoms with E-state index in [1.165, 1.54) is 0 Å². The van der Waals surface area contributed by atoms with E-state index >= 15 is 0 Å². The molecule has 0 heterocycles. The molecule has 0 fully saturated rings. The summed E-state index contributed by atoms with van der Waals surface area (Å²) in [4.78, 5) is 0. The zero-order valence-electron chi connectivity index (χ0n) is 5.17. The van der Waals surface area contributed by atoms with Crippen LogP contribution in [0.15, 0.2) is 24.3 Å². The van der Waals surface area contributed by atoms with Crippen LogP contribution in [0.4, 0.5) is 5.69 Å². The second-order valence-electron chi connectivity index (χ2n) is 1.55. The Labute approximate surface area is 70.7 Å². The SMILES string of the molecule is Cl.Nc1ccc(Cl)cc1.O. The van der Waals surface area contributed by atoms with E-state index in [4.69, 9.17) is 17.3 Å². The minimum absolute atomic E-state index is 0. The van der Waals surface area contributed by atoms with Crippen LogP contribution in [0, 0.1) is 0 Å². The quantitative estimate of drug-likeness (QED) is 0.607. The second kappa shape index (κ2) is 5.35. The van der Waals surface area contributed by atoms with Crippen LogP contribution in [-0.4, -0.2) is 5.48 Å². The van der Waals surface area contributed by atoms with Crippen LogP contribution in [0.3, 0.4) is 0 Å². The zero-order valence-corrected chi connectivity index (χ0v) is 6.75. The van der Waals surface area contributed by atoms with Crippen molar-refractivity contribution in [2.24, 2.45) is 0 Å². The topological polar surface area (TPSA) is 57.5 Å². The molecule has 1 aromatic carbocycles. The van der Waals surface area contributed by atoms with Gasteiger partial charge in [-0.2, -0.15) is 0 Å². The molecule has 10 heavy (non-hydrogen) atoms. The van der Waals surface area contributed by atoms with Gasteiger partial charge in [-0.15, -0.1) is 12.4 Å². The Morgan fingerprint density at radius 1 is 1.10 bits per heavy atom. The van der Waals surface area contributed by atoms with Crippen molar-refractivity contribution in [1.29, 1.82) is 0 Å². The second-order valence-corrected chi connectivity index (χ2v) is 1.99. The molecule has 0 bridgehead atoms. The monoisotopic (exact) mass is 181 g/mol. The van der Waals surface area contributed by atoms with Gasteiger partial charge in [0.15, 0.2) is 0 Å². The first-order valence-electron chi connectivity index (χ1n) is 2.30. The molecule has 0 spiro atoms. The van der Waals surface area contributed by atoms with Gasteiger partial charge in [-0.3, -0.25) is 0 Å². The first kappa shape index (κ1) is 12.3.